The first-order chi connectivity index (χ1) is 12.9. The monoisotopic (exact) mass is 388 g/mol. The number of hydrogen-bond acceptors (Lipinski definition) is 5. The highest BCUT2D eigenvalue weighted by Crippen LogP contribution is 2.28. The lowest BCUT2D eigenvalue weighted by molar-refractivity contribution is -0.133. The van der Waals surface area contributed by atoms with Crippen LogP contribution in [0.25, 0.3) is 5.69 Å². The lowest BCUT2D eigenvalue weighted by Crippen LogP contribution is -2.61. The maximum atomic E-state index is 13.1. The molecule has 2 fully saturated rings. The van der Waals surface area contributed by atoms with Crippen LogP contribution in [0.3, 0.4) is 0 Å². The lowest BCUT2D eigenvalue weighted by atomic mass is 10.0. The summed E-state index contributed by atoms with van der Waals surface area (Å²) in [6.45, 7) is 2.10. The Balaban J connectivity index is 1.64. The Kier molecular flexibility index (Phi) is 4.26. The third-order valence-corrected chi connectivity index (χ3v) is 6.90. The number of fused-ring (bicyclic) bond motifs is 1. The van der Waals surface area contributed by atoms with Crippen molar-refractivity contribution in [3.8, 4) is 5.69 Å². The molecular formula is C18H20N4O4S. The van der Waals surface area contributed by atoms with E-state index in [0.29, 0.717) is 18.7 Å². The second-order valence-corrected chi connectivity index (χ2v) is 9.08. The van der Waals surface area contributed by atoms with Crippen molar-refractivity contribution in [3.05, 3.63) is 48.3 Å². The Labute approximate surface area is 157 Å². The highest BCUT2D eigenvalue weighted by molar-refractivity contribution is 7.91. The predicted molar refractivity (Wildman–Crippen MR) is 98.2 cm³/mol. The summed E-state index contributed by atoms with van der Waals surface area (Å²) in [6, 6.07) is 7.90. The summed E-state index contributed by atoms with van der Waals surface area (Å²) in [7, 11) is -3.29. The lowest BCUT2D eigenvalue weighted by Gasteiger charge is -2.43. The molecule has 0 N–H and O–H groups in total. The van der Waals surface area contributed by atoms with E-state index in [0.717, 1.165) is 5.69 Å². The van der Waals surface area contributed by atoms with Gasteiger partial charge in [0, 0.05) is 38.0 Å². The Morgan fingerprint density at radius 1 is 1.07 bits per heavy atom. The van der Waals surface area contributed by atoms with Gasteiger partial charge in [0.15, 0.2) is 9.84 Å². The van der Waals surface area contributed by atoms with Crippen LogP contribution < -0.4 is 0 Å². The first-order valence-electron chi connectivity index (χ1n) is 8.74. The molecule has 142 valence electrons. The van der Waals surface area contributed by atoms with E-state index in [1.807, 2.05) is 6.07 Å². The van der Waals surface area contributed by atoms with Crippen LogP contribution in [0.2, 0.25) is 0 Å². The number of nitrogens with zero attached hydrogens (tertiary/aromatic N) is 4. The summed E-state index contributed by atoms with van der Waals surface area (Å²) in [6.07, 6.45) is 3.44. The van der Waals surface area contributed by atoms with Crippen LogP contribution in [0.1, 0.15) is 17.3 Å². The molecule has 1 aromatic heterocycles. The maximum Gasteiger partial charge on any atom is 0.254 e. The van der Waals surface area contributed by atoms with Gasteiger partial charge in [0.05, 0.1) is 29.3 Å². The molecule has 0 spiro atoms. The zero-order valence-corrected chi connectivity index (χ0v) is 15.7. The number of hydrogen-bond donors (Lipinski definition) is 0. The van der Waals surface area contributed by atoms with Crippen molar-refractivity contribution in [2.24, 2.45) is 0 Å². The molecule has 9 heteroatoms. The molecule has 2 aliphatic heterocycles. The first kappa shape index (κ1) is 17.7. The zero-order valence-electron chi connectivity index (χ0n) is 14.9. The Morgan fingerprint density at radius 2 is 1.78 bits per heavy atom. The fourth-order valence-electron chi connectivity index (χ4n) is 3.96. The van der Waals surface area contributed by atoms with Crippen molar-refractivity contribution in [1.29, 1.82) is 0 Å². The normalized spacial score (nSPS) is 23.9. The van der Waals surface area contributed by atoms with Crippen LogP contribution in [-0.2, 0) is 14.6 Å². The van der Waals surface area contributed by atoms with Crippen molar-refractivity contribution in [3.63, 3.8) is 0 Å². The number of amides is 2. The van der Waals surface area contributed by atoms with Crippen molar-refractivity contribution < 1.29 is 18.0 Å². The van der Waals surface area contributed by atoms with Crippen LogP contribution >= 0.6 is 0 Å². The predicted octanol–water partition coefficient (Wildman–Crippen LogP) is 0.342. The third-order valence-electron chi connectivity index (χ3n) is 5.20. The van der Waals surface area contributed by atoms with E-state index in [1.54, 1.807) is 51.1 Å². The van der Waals surface area contributed by atoms with Gasteiger partial charge < -0.3 is 9.80 Å². The topological polar surface area (TPSA) is 92.6 Å². The number of benzene rings is 1. The van der Waals surface area contributed by atoms with Gasteiger partial charge >= 0.3 is 0 Å². The molecule has 0 aliphatic carbocycles. The van der Waals surface area contributed by atoms with Gasteiger partial charge in [-0.05, 0) is 24.3 Å². The molecular weight excluding hydrogens is 368 g/mol. The first-order valence-corrected chi connectivity index (χ1v) is 10.6. The Morgan fingerprint density at radius 3 is 2.44 bits per heavy atom. The van der Waals surface area contributed by atoms with E-state index in [1.165, 1.54) is 6.92 Å². The molecule has 3 heterocycles. The molecule has 2 saturated heterocycles. The Bertz CT molecular complexity index is 987. The molecule has 27 heavy (non-hydrogen) atoms. The highest BCUT2D eigenvalue weighted by atomic mass is 32.2. The van der Waals surface area contributed by atoms with E-state index >= 15 is 0 Å². The summed E-state index contributed by atoms with van der Waals surface area (Å²) in [4.78, 5) is 28.2. The fourth-order valence-corrected chi connectivity index (χ4v) is 5.95. The fraction of sp³-hybridized carbons (Fsp3) is 0.389. The summed E-state index contributed by atoms with van der Waals surface area (Å²) in [5.41, 5.74) is 1.23. The molecule has 2 amide bonds. The van der Waals surface area contributed by atoms with Crippen molar-refractivity contribution in [2.75, 3.05) is 24.6 Å². The minimum atomic E-state index is -3.29. The summed E-state index contributed by atoms with van der Waals surface area (Å²) >= 11 is 0. The molecule has 4 rings (SSSR count). The van der Waals surface area contributed by atoms with Crippen molar-refractivity contribution in [2.45, 2.75) is 19.0 Å². The van der Waals surface area contributed by atoms with E-state index in [2.05, 4.69) is 5.10 Å². The summed E-state index contributed by atoms with van der Waals surface area (Å²) < 4.78 is 26.0. The maximum absolute atomic E-state index is 13.1. The van der Waals surface area contributed by atoms with E-state index < -0.39 is 21.9 Å². The number of carbonyl (C=O) groups is 2. The number of sulfone groups is 1. The largest absolute Gasteiger partial charge is 0.335 e. The second-order valence-electron chi connectivity index (χ2n) is 6.92. The van der Waals surface area contributed by atoms with Crippen LogP contribution in [0, 0.1) is 0 Å². The molecule has 0 radical (unpaired) electrons. The van der Waals surface area contributed by atoms with Gasteiger partial charge in [0.1, 0.15) is 0 Å². The molecule has 2 aliphatic rings. The quantitative estimate of drug-likeness (QED) is 0.740. The Hall–Kier alpha value is -2.68. The number of carbonyl (C=O) groups excluding carboxylic acids is 2. The van der Waals surface area contributed by atoms with Gasteiger partial charge in [-0.25, -0.2) is 13.1 Å². The molecule has 0 saturated carbocycles. The van der Waals surface area contributed by atoms with E-state index in [4.69, 9.17) is 0 Å². The molecule has 0 bridgehead atoms. The number of aromatic nitrogens is 2. The standard InChI is InChI=1S/C18H20N4O4S/c1-13(23)20-8-9-21(17-12-27(25,26)11-16(17)20)18(24)14-4-2-5-15(10-14)22-7-3-6-19-22/h2-7,10,16-17H,8-9,11-12H2,1H3/t16-,17+/m1/s1. The van der Waals surface area contributed by atoms with Gasteiger partial charge in [-0.1, -0.05) is 6.07 Å². The molecule has 1 aromatic carbocycles. The van der Waals surface area contributed by atoms with Crippen LogP contribution in [0.4, 0.5) is 0 Å². The average molecular weight is 388 g/mol. The minimum Gasteiger partial charge on any atom is -0.335 e. The minimum absolute atomic E-state index is 0.0889. The zero-order chi connectivity index (χ0) is 19.2. The highest BCUT2D eigenvalue weighted by Gasteiger charge is 2.48. The summed E-state index contributed by atoms with van der Waals surface area (Å²) in [5, 5.41) is 4.17. The van der Waals surface area contributed by atoms with Gasteiger partial charge in [-0.3, -0.25) is 9.59 Å². The van der Waals surface area contributed by atoms with E-state index in [9.17, 15) is 18.0 Å². The summed E-state index contributed by atoms with van der Waals surface area (Å²) in [5.74, 6) is -0.574. The van der Waals surface area contributed by atoms with Gasteiger partial charge in [-0.15, -0.1) is 0 Å². The molecule has 0 unspecified atom stereocenters. The van der Waals surface area contributed by atoms with Gasteiger partial charge in [0.2, 0.25) is 5.91 Å². The third kappa shape index (κ3) is 3.23. The molecule has 2 atom stereocenters. The van der Waals surface area contributed by atoms with E-state index in [-0.39, 0.29) is 23.3 Å². The van der Waals surface area contributed by atoms with Crippen molar-refractivity contribution >= 4 is 21.7 Å². The van der Waals surface area contributed by atoms with Crippen LogP contribution in [0.5, 0.6) is 0 Å². The molecule has 8 nitrogen and oxygen atoms in total. The second kappa shape index (κ2) is 6.49. The van der Waals surface area contributed by atoms with Crippen LogP contribution in [-0.4, -0.2) is 76.5 Å². The van der Waals surface area contributed by atoms with Crippen LogP contribution in [0.15, 0.2) is 42.7 Å². The number of piperazine rings is 1. The van der Waals surface area contributed by atoms with Crippen molar-refractivity contribution in [1.82, 2.24) is 19.6 Å². The van der Waals surface area contributed by atoms with Gasteiger partial charge in [-0.2, -0.15) is 5.10 Å². The average Bonchev–Trinajstić information content (AvgIpc) is 3.26. The smallest absolute Gasteiger partial charge is 0.254 e. The van der Waals surface area contributed by atoms with Gasteiger partial charge in [0.25, 0.3) is 5.91 Å². The number of rotatable bonds is 2. The SMILES string of the molecule is CC(=O)N1CCN(C(=O)c2cccc(-n3cccn3)c2)[C@H]2CS(=O)(=O)C[C@H]21. The molecule has 2 aromatic rings.